The van der Waals surface area contributed by atoms with E-state index in [1.165, 1.54) is 25.7 Å². The van der Waals surface area contributed by atoms with Crippen molar-refractivity contribution in [3.63, 3.8) is 0 Å². The molecule has 0 saturated heterocycles. The van der Waals surface area contributed by atoms with Gasteiger partial charge in [0.15, 0.2) is 0 Å². The van der Waals surface area contributed by atoms with Crippen molar-refractivity contribution in [1.29, 1.82) is 0 Å². The van der Waals surface area contributed by atoms with Crippen molar-refractivity contribution in [3.8, 4) is 5.75 Å². The van der Waals surface area contributed by atoms with E-state index in [1.807, 2.05) is 32.0 Å². The molecule has 0 bridgehead atoms. The summed E-state index contributed by atoms with van der Waals surface area (Å²) in [6.45, 7) is 5.97. The van der Waals surface area contributed by atoms with Gasteiger partial charge in [0.05, 0.1) is 17.5 Å². The van der Waals surface area contributed by atoms with E-state index in [4.69, 9.17) is 10.5 Å². The number of nitrogens with zero attached hydrogens (tertiary/aromatic N) is 1. The molecular weight excluding hydrogens is 262 g/mol. The molecular formula is C17H29N3O. The maximum atomic E-state index is 6.17. The van der Waals surface area contributed by atoms with E-state index < -0.39 is 0 Å². The van der Waals surface area contributed by atoms with Gasteiger partial charge in [-0.15, -0.1) is 0 Å². The van der Waals surface area contributed by atoms with E-state index in [1.54, 1.807) is 0 Å². The third kappa shape index (κ3) is 4.53. The largest absolute Gasteiger partial charge is 0.489 e. The molecule has 1 aliphatic rings. The Morgan fingerprint density at radius 3 is 2.71 bits per heavy atom. The highest BCUT2D eigenvalue weighted by molar-refractivity contribution is 5.72. The lowest BCUT2D eigenvalue weighted by molar-refractivity contribution is 0.244. The van der Waals surface area contributed by atoms with Crippen LogP contribution in [0.25, 0.3) is 0 Å². The number of likely N-dealkylation sites (N-methyl/N-ethyl adjacent to an activating group) is 1. The van der Waals surface area contributed by atoms with Crippen molar-refractivity contribution in [2.45, 2.75) is 51.7 Å². The Balaban J connectivity index is 1.85. The van der Waals surface area contributed by atoms with E-state index in [2.05, 4.69) is 17.3 Å². The number of benzene rings is 1. The summed E-state index contributed by atoms with van der Waals surface area (Å²) >= 11 is 0. The fourth-order valence-corrected chi connectivity index (χ4v) is 2.95. The van der Waals surface area contributed by atoms with Crippen LogP contribution in [-0.2, 0) is 0 Å². The Bertz CT molecular complexity index is 442. The zero-order valence-electron chi connectivity index (χ0n) is 13.6. The molecule has 0 heterocycles. The molecule has 1 fully saturated rings. The van der Waals surface area contributed by atoms with Gasteiger partial charge in [0.1, 0.15) is 5.75 Å². The molecule has 4 heteroatoms. The molecule has 1 aliphatic carbocycles. The number of hydrogen-bond acceptors (Lipinski definition) is 4. The summed E-state index contributed by atoms with van der Waals surface area (Å²) in [6.07, 6.45) is 5.58. The number of nitrogens with one attached hydrogen (secondary N) is 1. The minimum Gasteiger partial charge on any atom is -0.489 e. The highest BCUT2D eigenvalue weighted by atomic mass is 16.5. The first kappa shape index (κ1) is 16.0. The summed E-state index contributed by atoms with van der Waals surface area (Å²) in [4.78, 5) is 2.46. The summed E-state index contributed by atoms with van der Waals surface area (Å²) in [7, 11) is 2.22. The molecule has 2 rings (SSSR count). The maximum absolute atomic E-state index is 6.17. The molecule has 0 atom stereocenters. The Kier molecular flexibility index (Phi) is 5.74. The van der Waals surface area contributed by atoms with Gasteiger partial charge in [-0.2, -0.15) is 0 Å². The van der Waals surface area contributed by atoms with Crippen LogP contribution in [0.1, 0.15) is 39.5 Å². The van der Waals surface area contributed by atoms with E-state index in [0.717, 1.165) is 30.6 Å². The van der Waals surface area contributed by atoms with Gasteiger partial charge in [0, 0.05) is 19.1 Å². The van der Waals surface area contributed by atoms with Gasteiger partial charge in [-0.1, -0.05) is 18.9 Å². The number of nitrogen functional groups attached to an aromatic ring is 1. The molecule has 0 radical (unpaired) electrons. The molecule has 0 amide bonds. The lowest BCUT2D eigenvalue weighted by Gasteiger charge is -2.24. The second-order valence-corrected chi connectivity index (χ2v) is 6.23. The number of rotatable bonds is 7. The summed E-state index contributed by atoms with van der Waals surface area (Å²) in [5.74, 6) is 0.763. The van der Waals surface area contributed by atoms with Gasteiger partial charge in [-0.05, 0) is 45.9 Å². The van der Waals surface area contributed by atoms with Crippen LogP contribution in [0.2, 0.25) is 0 Å². The van der Waals surface area contributed by atoms with Crippen molar-refractivity contribution in [2.24, 2.45) is 0 Å². The molecule has 3 N–H and O–H groups in total. The first-order valence-corrected chi connectivity index (χ1v) is 8.07. The third-order valence-corrected chi connectivity index (χ3v) is 4.16. The number of hydrogen-bond donors (Lipinski definition) is 2. The van der Waals surface area contributed by atoms with Crippen LogP contribution in [0, 0.1) is 0 Å². The van der Waals surface area contributed by atoms with Crippen molar-refractivity contribution in [2.75, 3.05) is 31.2 Å². The molecule has 118 valence electrons. The van der Waals surface area contributed by atoms with Gasteiger partial charge >= 0.3 is 0 Å². The standard InChI is InChI=1S/C17H29N3O/c1-13(2)21-16-10-6-9-15(17(16)18)19-11-12-20(3)14-7-4-5-8-14/h6,9-10,13-14,19H,4-5,7-8,11-12,18H2,1-3H3. The SMILES string of the molecule is CC(C)Oc1cccc(NCCN(C)C2CCCC2)c1N. The Morgan fingerprint density at radius 2 is 2.05 bits per heavy atom. The van der Waals surface area contributed by atoms with Gasteiger partial charge in [-0.3, -0.25) is 0 Å². The molecule has 4 nitrogen and oxygen atoms in total. The average molecular weight is 291 g/mol. The Labute approximate surface area is 128 Å². The summed E-state index contributed by atoms with van der Waals surface area (Å²) in [5.41, 5.74) is 7.84. The average Bonchev–Trinajstić information content (AvgIpc) is 2.96. The van der Waals surface area contributed by atoms with Crippen LogP contribution in [-0.4, -0.2) is 37.2 Å². The summed E-state index contributed by atoms with van der Waals surface area (Å²) in [6, 6.07) is 6.68. The molecule has 0 unspecified atom stereocenters. The summed E-state index contributed by atoms with van der Waals surface area (Å²) in [5, 5.41) is 3.43. The van der Waals surface area contributed by atoms with Crippen LogP contribution >= 0.6 is 0 Å². The van der Waals surface area contributed by atoms with Crippen LogP contribution in [0.3, 0.4) is 0 Å². The van der Waals surface area contributed by atoms with Gasteiger partial charge < -0.3 is 20.7 Å². The molecule has 1 saturated carbocycles. The lowest BCUT2D eigenvalue weighted by atomic mass is 10.2. The molecule has 0 spiro atoms. The van der Waals surface area contributed by atoms with Crippen LogP contribution in [0.15, 0.2) is 18.2 Å². The van der Waals surface area contributed by atoms with Gasteiger partial charge in [-0.25, -0.2) is 0 Å². The predicted octanol–water partition coefficient (Wildman–Crippen LogP) is 3.34. The van der Waals surface area contributed by atoms with Gasteiger partial charge in [0.2, 0.25) is 0 Å². The van der Waals surface area contributed by atoms with Crippen molar-refractivity contribution >= 4 is 11.4 Å². The van der Waals surface area contributed by atoms with E-state index in [-0.39, 0.29) is 6.10 Å². The number of ether oxygens (including phenoxy) is 1. The first-order chi connectivity index (χ1) is 10.1. The zero-order valence-corrected chi connectivity index (χ0v) is 13.6. The van der Waals surface area contributed by atoms with E-state index in [9.17, 15) is 0 Å². The molecule has 21 heavy (non-hydrogen) atoms. The van der Waals surface area contributed by atoms with E-state index in [0.29, 0.717) is 5.69 Å². The fourth-order valence-electron chi connectivity index (χ4n) is 2.95. The Hall–Kier alpha value is -1.42. The molecule has 0 aromatic heterocycles. The number of para-hydroxylation sites is 1. The Morgan fingerprint density at radius 1 is 1.33 bits per heavy atom. The van der Waals surface area contributed by atoms with Crippen LogP contribution in [0.4, 0.5) is 11.4 Å². The van der Waals surface area contributed by atoms with Gasteiger partial charge in [0.25, 0.3) is 0 Å². The lowest BCUT2D eigenvalue weighted by Crippen LogP contribution is -2.33. The smallest absolute Gasteiger partial charge is 0.144 e. The normalized spacial score (nSPS) is 15.9. The van der Waals surface area contributed by atoms with Crippen LogP contribution in [0.5, 0.6) is 5.75 Å². The number of anilines is 2. The maximum Gasteiger partial charge on any atom is 0.144 e. The molecule has 1 aromatic rings. The third-order valence-electron chi connectivity index (χ3n) is 4.16. The quantitative estimate of drug-likeness (QED) is 0.757. The van der Waals surface area contributed by atoms with Crippen molar-refractivity contribution < 1.29 is 4.74 Å². The molecule has 1 aromatic carbocycles. The zero-order chi connectivity index (χ0) is 15.2. The topological polar surface area (TPSA) is 50.5 Å². The second-order valence-electron chi connectivity index (χ2n) is 6.23. The highest BCUT2D eigenvalue weighted by Gasteiger charge is 2.18. The van der Waals surface area contributed by atoms with Crippen molar-refractivity contribution in [3.05, 3.63) is 18.2 Å². The number of nitrogens with two attached hydrogens (primary N) is 1. The van der Waals surface area contributed by atoms with Crippen LogP contribution < -0.4 is 15.8 Å². The predicted molar refractivity (Wildman–Crippen MR) is 90.0 cm³/mol. The minimum absolute atomic E-state index is 0.135. The summed E-state index contributed by atoms with van der Waals surface area (Å²) < 4.78 is 5.72. The minimum atomic E-state index is 0.135. The fraction of sp³-hybridized carbons (Fsp3) is 0.647. The van der Waals surface area contributed by atoms with E-state index >= 15 is 0 Å². The second kappa shape index (κ2) is 7.55. The monoisotopic (exact) mass is 291 g/mol. The highest BCUT2D eigenvalue weighted by Crippen LogP contribution is 2.30. The molecule has 0 aliphatic heterocycles. The first-order valence-electron chi connectivity index (χ1n) is 8.07. The van der Waals surface area contributed by atoms with Crippen molar-refractivity contribution in [1.82, 2.24) is 4.90 Å².